The smallest absolute Gasteiger partial charge is 0.251 e. The summed E-state index contributed by atoms with van der Waals surface area (Å²) in [6.45, 7) is 2.60. The summed E-state index contributed by atoms with van der Waals surface area (Å²) < 4.78 is 0.935. The molecule has 1 saturated carbocycles. The molecule has 0 spiro atoms. The first-order chi connectivity index (χ1) is 10.5. The molecule has 2 atom stereocenters. The molecule has 0 saturated heterocycles. The number of benzene rings is 1. The molecule has 22 heavy (non-hydrogen) atoms. The van der Waals surface area contributed by atoms with Crippen molar-refractivity contribution in [3.05, 3.63) is 34.3 Å². The van der Waals surface area contributed by atoms with Gasteiger partial charge < -0.3 is 10.6 Å². The number of hydrogen-bond donors (Lipinski definition) is 2. The molecule has 2 amide bonds. The van der Waals surface area contributed by atoms with Crippen LogP contribution in [0.1, 0.15) is 49.4 Å². The minimum Gasteiger partial charge on any atom is -0.353 e. The van der Waals surface area contributed by atoms with Crippen molar-refractivity contribution < 1.29 is 9.59 Å². The van der Waals surface area contributed by atoms with Crippen molar-refractivity contribution in [1.82, 2.24) is 10.6 Å². The molecule has 1 aliphatic carbocycles. The van der Waals surface area contributed by atoms with Crippen molar-refractivity contribution in [2.24, 2.45) is 5.92 Å². The maximum absolute atomic E-state index is 11.9. The van der Waals surface area contributed by atoms with Gasteiger partial charge >= 0.3 is 0 Å². The highest BCUT2D eigenvalue weighted by atomic mass is 79.9. The van der Waals surface area contributed by atoms with E-state index in [9.17, 15) is 9.59 Å². The van der Waals surface area contributed by atoms with Gasteiger partial charge in [-0.1, -0.05) is 35.7 Å². The molecule has 1 aliphatic rings. The average Bonchev–Trinajstić information content (AvgIpc) is 2.47. The first kappa shape index (κ1) is 17.0. The number of carbonyl (C=O) groups is 2. The number of hydrogen-bond acceptors (Lipinski definition) is 2. The Morgan fingerprint density at radius 3 is 2.64 bits per heavy atom. The average molecular weight is 367 g/mol. The quantitative estimate of drug-likeness (QED) is 0.839. The summed E-state index contributed by atoms with van der Waals surface area (Å²) in [4.78, 5) is 23.8. The summed E-state index contributed by atoms with van der Waals surface area (Å²) in [5, 5.41) is 5.85. The zero-order chi connectivity index (χ0) is 15.9. The molecule has 0 bridgehead atoms. The van der Waals surface area contributed by atoms with Crippen LogP contribution in [0.15, 0.2) is 28.7 Å². The number of carbonyl (C=O) groups excluding carboxylic acids is 2. The fourth-order valence-corrected chi connectivity index (χ4v) is 3.12. The molecule has 0 radical (unpaired) electrons. The van der Waals surface area contributed by atoms with Crippen molar-refractivity contribution >= 4 is 27.7 Å². The Balaban J connectivity index is 1.68. The standard InChI is InChI=1S/C17H23BrN2O2/c1-12-3-2-4-15(11-12)20-16(21)9-10-19-17(22)13-5-7-14(18)8-6-13/h5-8,12,15H,2-4,9-11H2,1H3,(H,19,22)(H,20,21). The zero-order valence-corrected chi connectivity index (χ0v) is 14.5. The van der Waals surface area contributed by atoms with E-state index in [1.165, 1.54) is 12.8 Å². The molecule has 4 nitrogen and oxygen atoms in total. The van der Waals surface area contributed by atoms with Crippen molar-refractivity contribution in [3.63, 3.8) is 0 Å². The minimum absolute atomic E-state index is 0.0233. The first-order valence-corrected chi connectivity index (χ1v) is 8.67. The van der Waals surface area contributed by atoms with Gasteiger partial charge in [0.05, 0.1) is 0 Å². The van der Waals surface area contributed by atoms with Crippen LogP contribution < -0.4 is 10.6 Å². The monoisotopic (exact) mass is 366 g/mol. The SMILES string of the molecule is CC1CCCC(NC(=O)CCNC(=O)c2ccc(Br)cc2)C1. The van der Waals surface area contributed by atoms with Crippen molar-refractivity contribution in [1.29, 1.82) is 0 Å². The lowest BCUT2D eigenvalue weighted by molar-refractivity contribution is -0.121. The van der Waals surface area contributed by atoms with Gasteiger partial charge in [-0.25, -0.2) is 0 Å². The van der Waals surface area contributed by atoms with Gasteiger partial charge in [-0.15, -0.1) is 0 Å². The highest BCUT2D eigenvalue weighted by molar-refractivity contribution is 9.10. The molecule has 0 aliphatic heterocycles. The maximum atomic E-state index is 11.9. The van der Waals surface area contributed by atoms with Gasteiger partial charge in [0.2, 0.25) is 5.91 Å². The number of amides is 2. The van der Waals surface area contributed by atoms with Crippen LogP contribution in [-0.4, -0.2) is 24.4 Å². The van der Waals surface area contributed by atoms with Gasteiger partial charge in [-0.2, -0.15) is 0 Å². The van der Waals surface area contributed by atoms with E-state index in [0.717, 1.165) is 17.3 Å². The molecule has 120 valence electrons. The van der Waals surface area contributed by atoms with Crippen LogP contribution in [0, 0.1) is 5.92 Å². The van der Waals surface area contributed by atoms with Crippen LogP contribution >= 0.6 is 15.9 Å². The van der Waals surface area contributed by atoms with Gasteiger partial charge in [0.1, 0.15) is 0 Å². The van der Waals surface area contributed by atoms with E-state index in [0.29, 0.717) is 30.5 Å². The van der Waals surface area contributed by atoms with Crippen LogP contribution in [-0.2, 0) is 4.79 Å². The van der Waals surface area contributed by atoms with E-state index in [2.05, 4.69) is 33.5 Å². The van der Waals surface area contributed by atoms with Crippen molar-refractivity contribution in [3.8, 4) is 0 Å². The number of halogens is 1. The minimum atomic E-state index is -0.147. The van der Waals surface area contributed by atoms with Crippen LogP contribution in [0.2, 0.25) is 0 Å². The second-order valence-corrected chi connectivity index (χ2v) is 6.96. The molecule has 0 aromatic heterocycles. The summed E-state index contributed by atoms with van der Waals surface area (Å²) >= 11 is 3.33. The lowest BCUT2D eigenvalue weighted by Crippen LogP contribution is -2.39. The fraction of sp³-hybridized carbons (Fsp3) is 0.529. The Morgan fingerprint density at radius 1 is 1.23 bits per heavy atom. The van der Waals surface area contributed by atoms with Crippen LogP contribution in [0.5, 0.6) is 0 Å². The third-order valence-corrected chi connectivity index (χ3v) is 4.57. The predicted octanol–water partition coefficient (Wildman–Crippen LogP) is 3.26. The molecule has 2 N–H and O–H groups in total. The summed E-state index contributed by atoms with van der Waals surface area (Å²) in [6.07, 6.45) is 4.91. The number of rotatable bonds is 5. The Kier molecular flexibility index (Phi) is 6.43. The Bertz CT molecular complexity index is 516. The van der Waals surface area contributed by atoms with Crippen molar-refractivity contribution in [2.75, 3.05) is 6.54 Å². The molecular weight excluding hydrogens is 344 g/mol. The second kappa shape index (κ2) is 8.32. The molecule has 1 fully saturated rings. The first-order valence-electron chi connectivity index (χ1n) is 7.87. The van der Waals surface area contributed by atoms with E-state index in [1.807, 2.05) is 12.1 Å². The molecular formula is C17H23BrN2O2. The third kappa shape index (κ3) is 5.44. The zero-order valence-electron chi connectivity index (χ0n) is 12.9. The van der Waals surface area contributed by atoms with Gasteiger partial charge in [0.25, 0.3) is 5.91 Å². The summed E-state index contributed by atoms with van der Waals surface area (Å²) in [5.74, 6) is 0.568. The van der Waals surface area contributed by atoms with Crippen LogP contribution in [0.4, 0.5) is 0 Å². The van der Waals surface area contributed by atoms with Gasteiger partial charge in [-0.3, -0.25) is 9.59 Å². The topological polar surface area (TPSA) is 58.2 Å². The fourth-order valence-electron chi connectivity index (χ4n) is 2.86. The van der Waals surface area contributed by atoms with Gasteiger partial charge in [0, 0.05) is 29.0 Å². The van der Waals surface area contributed by atoms with Crippen LogP contribution in [0.25, 0.3) is 0 Å². The van der Waals surface area contributed by atoms with Crippen molar-refractivity contribution in [2.45, 2.75) is 45.1 Å². The van der Waals surface area contributed by atoms with Crippen LogP contribution in [0.3, 0.4) is 0 Å². The molecule has 0 heterocycles. The summed E-state index contributed by atoms with van der Waals surface area (Å²) in [7, 11) is 0. The van der Waals surface area contributed by atoms with E-state index in [4.69, 9.17) is 0 Å². The van der Waals surface area contributed by atoms with Gasteiger partial charge in [-0.05, 0) is 43.0 Å². The molecule has 2 unspecified atom stereocenters. The lowest BCUT2D eigenvalue weighted by atomic mass is 9.87. The molecule has 2 rings (SSSR count). The van der Waals surface area contributed by atoms with Gasteiger partial charge in [0.15, 0.2) is 0 Å². The molecule has 1 aromatic rings. The Morgan fingerprint density at radius 2 is 1.95 bits per heavy atom. The molecule has 5 heteroatoms. The van der Waals surface area contributed by atoms with E-state index in [-0.39, 0.29) is 11.8 Å². The maximum Gasteiger partial charge on any atom is 0.251 e. The normalized spacial score (nSPS) is 21.2. The lowest BCUT2D eigenvalue weighted by Gasteiger charge is -2.27. The number of nitrogens with one attached hydrogen (secondary N) is 2. The predicted molar refractivity (Wildman–Crippen MR) is 90.7 cm³/mol. The van der Waals surface area contributed by atoms with E-state index >= 15 is 0 Å². The highest BCUT2D eigenvalue weighted by Crippen LogP contribution is 2.23. The van der Waals surface area contributed by atoms with E-state index in [1.54, 1.807) is 12.1 Å². The largest absolute Gasteiger partial charge is 0.353 e. The summed E-state index contributed by atoms with van der Waals surface area (Å²) in [6, 6.07) is 7.46. The van der Waals surface area contributed by atoms with E-state index < -0.39 is 0 Å². The Labute approximate surface area is 140 Å². The second-order valence-electron chi connectivity index (χ2n) is 6.05. The summed E-state index contributed by atoms with van der Waals surface area (Å²) in [5.41, 5.74) is 0.602. The molecule has 1 aromatic carbocycles. The highest BCUT2D eigenvalue weighted by Gasteiger charge is 2.20. The Hall–Kier alpha value is -1.36. The third-order valence-electron chi connectivity index (χ3n) is 4.05.